The summed E-state index contributed by atoms with van der Waals surface area (Å²) < 4.78 is 0. The Labute approximate surface area is 302 Å². The minimum Gasteiger partial charge on any atom is -0.508 e. The number of aliphatic carboxylic acids is 1. The number of phenols is 1. The molecule has 14 heteroatoms. The van der Waals surface area contributed by atoms with Crippen LogP contribution in [-0.2, 0) is 30.4 Å². The van der Waals surface area contributed by atoms with E-state index in [1.165, 1.54) is 43.0 Å². The second-order valence-corrected chi connectivity index (χ2v) is 14.4. The first-order valence-electron chi connectivity index (χ1n) is 17.5. The molecule has 6 atom stereocenters. The number of carbonyl (C=O) groups excluding carboxylic acids is 4. The molecular weight excluding hydrogens is 666 g/mol. The first kappa shape index (κ1) is 44.6. The smallest absolute Gasteiger partial charge is 0.326 e. The van der Waals surface area contributed by atoms with Crippen LogP contribution in [0.15, 0.2) is 24.3 Å². The zero-order valence-corrected chi connectivity index (χ0v) is 31.5. The molecule has 4 amide bonds. The Bertz CT molecular complexity index is 1230. The monoisotopic (exact) mass is 725 g/mol. The van der Waals surface area contributed by atoms with Gasteiger partial charge < -0.3 is 41.5 Å². The number of benzene rings is 1. The van der Waals surface area contributed by atoms with E-state index < -0.39 is 65.9 Å². The van der Waals surface area contributed by atoms with Gasteiger partial charge in [-0.05, 0) is 62.1 Å². The topological polar surface area (TPSA) is 203 Å². The van der Waals surface area contributed by atoms with Gasteiger partial charge in [0.1, 0.15) is 36.0 Å². The molecule has 0 heterocycles. The number of phenolic OH excluding ortho intramolecular Hbond substituents is 1. The number of aliphatic hydroxyl groups excluding tert-OH is 1. The molecule has 1 rings (SSSR count). The van der Waals surface area contributed by atoms with Crippen LogP contribution >= 0.6 is 11.6 Å². The number of rotatable bonds is 23. The number of carboxylic acid groups (broad SMARTS) is 1. The van der Waals surface area contributed by atoms with Gasteiger partial charge in [0, 0.05) is 32.4 Å². The lowest BCUT2D eigenvalue weighted by atomic mass is 9.97. The van der Waals surface area contributed by atoms with E-state index in [0.29, 0.717) is 17.9 Å². The Morgan fingerprint density at radius 2 is 1.30 bits per heavy atom. The Hall–Kier alpha value is -3.42. The first-order valence-corrected chi connectivity index (χ1v) is 18.1. The van der Waals surface area contributed by atoms with Crippen molar-refractivity contribution in [3.8, 4) is 5.75 Å². The van der Waals surface area contributed by atoms with Crippen LogP contribution < -0.4 is 16.4 Å². The molecule has 0 aliphatic carbocycles. The Balaban J connectivity index is 3.07. The van der Waals surface area contributed by atoms with Crippen molar-refractivity contribution in [1.29, 1.82) is 0 Å². The molecule has 284 valence electrons. The van der Waals surface area contributed by atoms with Gasteiger partial charge in [0.15, 0.2) is 0 Å². The van der Waals surface area contributed by atoms with Crippen LogP contribution in [0.2, 0.25) is 0 Å². The van der Waals surface area contributed by atoms with Gasteiger partial charge >= 0.3 is 5.97 Å². The standard InChI is InChI=1S/C36H60ClN5O8/c1-22(2)19-29(32(45)40-28(36(49)50)21-25-14-16-26(43)17-15-25)41(6)35(48)30(20-23(3)4)42(7)34(47)24(5)39-33(46)31(44)27(38)13-11-9-8-10-12-18-37/h14-17,22-24,27-31,43-44H,8-13,18-21,38H2,1-7H3,(H,39,46)(H,40,45)(H,49,50). The number of carboxylic acids is 1. The highest BCUT2D eigenvalue weighted by atomic mass is 35.5. The molecule has 0 spiro atoms. The van der Waals surface area contributed by atoms with Crippen LogP contribution in [0.5, 0.6) is 5.75 Å². The number of nitrogens with zero attached hydrogens (tertiary/aromatic N) is 2. The third-order valence-electron chi connectivity index (χ3n) is 8.67. The van der Waals surface area contributed by atoms with Crippen molar-refractivity contribution in [3.05, 3.63) is 29.8 Å². The molecule has 50 heavy (non-hydrogen) atoms. The molecule has 0 aromatic heterocycles. The van der Waals surface area contributed by atoms with Crippen molar-refractivity contribution < 1.29 is 39.3 Å². The van der Waals surface area contributed by atoms with Gasteiger partial charge in [0.05, 0.1) is 0 Å². The molecule has 6 unspecified atom stereocenters. The van der Waals surface area contributed by atoms with Crippen LogP contribution in [0.4, 0.5) is 0 Å². The van der Waals surface area contributed by atoms with Gasteiger partial charge in [-0.15, -0.1) is 11.6 Å². The summed E-state index contributed by atoms with van der Waals surface area (Å²) in [5.74, 6) is -3.24. The molecule has 0 bridgehead atoms. The summed E-state index contributed by atoms with van der Waals surface area (Å²) in [5.41, 5.74) is 6.66. The number of amides is 4. The van der Waals surface area contributed by atoms with Gasteiger partial charge in [-0.2, -0.15) is 0 Å². The van der Waals surface area contributed by atoms with E-state index >= 15 is 0 Å². The normalized spacial score (nSPS) is 15.0. The lowest BCUT2D eigenvalue weighted by Crippen LogP contribution is -2.59. The molecular formula is C36H60ClN5O8. The molecule has 1 aromatic carbocycles. The molecule has 0 aliphatic rings. The average molecular weight is 726 g/mol. The summed E-state index contributed by atoms with van der Waals surface area (Å²) >= 11 is 5.70. The Morgan fingerprint density at radius 3 is 1.84 bits per heavy atom. The fourth-order valence-electron chi connectivity index (χ4n) is 5.66. The van der Waals surface area contributed by atoms with Crippen molar-refractivity contribution in [2.75, 3.05) is 20.0 Å². The van der Waals surface area contributed by atoms with Crippen LogP contribution in [0.3, 0.4) is 0 Å². The predicted molar refractivity (Wildman–Crippen MR) is 193 cm³/mol. The highest BCUT2D eigenvalue weighted by Crippen LogP contribution is 2.20. The van der Waals surface area contributed by atoms with E-state index in [0.717, 1.165) is 32.1 Å². The molecule has 0 saturated heterocycles. The number of hydrogen-bond donors (Lipinski definition) is 6. The zero-order chi connectivity index (χ0) is 38.1. The number of alkyl halides is 1. The maximum absolute atomic E-state index is 14.1. The second-order valence-electron chi connectivity index (χ2n) is 14.0. The number of unbranched alkanes of at least 4 members (excludes halogenated alkanes) is 4. The molecule has 0 fully saturated rings. The summed E-state index contributed by atoms with van der Waals surface area (Å²) in [6.07, 6.45) is 3.91. The summed E-state index contributed by atoms with van der Waals surface area (Å²) in [6.45, 7) is 8.98. The number of hydrogen-bond acceptors (Lipinski definition) is 8. The van der Waals surface area contributed by atoms with Crippen LogP contribution in [0.25, 0.3) is 0 Å². The summed E-state index contributed by atoms with van der Waals surface area (Å²) in [4.78, 5) is 68.7. The maximum atomic E-state index is 14.1. The fraction of sp³-hybridized carbons (Fsp3) is 0.694. The quantitative estimate of drug-likeness (QED) is 0.0724. The Kier molecular flexibility index (Phi) is 20.0. The van der Waals surface area contributed by atoms with Crippen molar-refractivity contribution in [3.63, 3.8) is 0 Å². The maximum Gasteiger partial charge on any atom is 0.326 e. The van der Waals surface area contributed by atoms with E-state index in [-0.39, 0.29) is 36.8 Å². The van der Waals surface area contributed by atoms with E-state index in [1.54, 1.807) is 12.1 Å². The van der Waals surface area contributed by atoms with E-state index in [4.69, 9.17) is 17.3 Å². The lowest BCUT2D eigenvalue weighted by Gasteiger charge is -2.37. The summed E-state index contributed by atoms with van der Waals surface area (Å²) in [6, 6.07) is 0.726. The highest BCUT2D eigenvalue weighted by Gasteiger charge is 2.38. The van der Waals surface area contributed by atoms with Crippen LogP contribution in [-0.4, -0.2) is 111 Å². The first-order chi connectivity index (χ1) is 23.4. The minimum atomic E-state index is -1.52. The second kappa shape index (κ2) is 22.4. The number of nitrogens with one attached hydrogen (secondary N) is 2. The van der Waals surface area contributed by atoms with Crippen molar-refractivity contribution in [2.24, 2.45) is 17.6 Å². The number of aromatic hydroxyl groups is 1. The van der Waals surface area contributed by atoms with E-state index in [9.17, 15) is 39.3 Å². The highest BCUT2D eigenvalue weighted by molar-refractivity contribution is 6.17. The number of halogens is 1. The van der Waals surface area contributed by atoms with Gasteiger partial charge in [0.25, 0.3) is 5.91 Å². The van der Waals surface area contributed by atoms with Gasteiger partial charge in [-0.25, -0.2) is 4.79 Å². The molecule has 0 saturated carbocycles. The number of aliphatic hydroxyl groups is 1. The number of nitrogens with two attached hydrogens (primary N) is 1. The summed E-state index contributed by atoms with van der Waals surface area (Å²) in [7, 11) is 2.91. The lowest BCUT2D eigenvalue weighted by molar-refractivity contribution is -0.150. The van der Waals surface area contributed by atoms with Crippen LogP contribution in [0, 0.1) is 11.8 Å². The average Bonchev–Trinajstić information content (AvgIpc) is 3.06. The van der Waals surface area contributed by atoms with Gasteiger partial charge in [-0.1, -0.05) is 65.5 Å². The predicted octanol–water partition coefficient (Wildman–Crippen LogP) is 3.02. The van der Waals surface area contributed by atoms with Gasteiger partial charge in [0.2, 0.25) is 17.7 Å². The fourth-order valence-corrected chi connectivity index (χ4v) is 5.85. The molecule has 0 radical (unpaired) electrons. The zero-order valence-electron chi connectivity index (χ0n) is 30.7. The van der Waals surface area contributed by atoms with E-state index in [1.807, 2.05) is 27.7 Å². The third-order valence-corrected chi connectivity index (χ3v) is 8.94. The van der Waals surface area contributed by atoms with Crippen molar-refractivity contribution in [1.82, 2.24) is 20.4 Å². The molecule has 1 aromatic rings. The number of carbonyl (C=O) groups is 5. The van der Waals surface area contributed by atoms with Gasteiger partial charge in [-0.3, -0.25) is 19.2 Å². The number of likely N-dealkylation sites (N-methyl/N-ethyl adjacent to an activating group) is 2. The van der Waals surface area contributed by atoms with Crippen molar-refractivity contribution in [2.45, 2.75) is 129 Å². The summed E-state index contributed by atoms with van der Waals surface area (Å²) in [5, 5.41) is 35.1. The van der Waals surface area contributed by atoms with Crippen molar-refractivity contribution >= 4 is 41.2 Å². The third kappa shape index (κ3) is 15.2. The largest absolute Gasteiger partial charge is 0.508 e. The molecule has 0 aliphatic heterocycles. The van der Waals surface area contributed by atoms with Crippen LogP contribution in [0.1, 0.15) is 91.5 Å². The molecule has 13 nitrogen and oxygen atoms in total. The van der Waals surface area contributed by atoms with E-state index in [2.05, 4.69) is 10.6 Å². The molecule has 7 N–H and O–H groups in total. The Morgan fingerprint density at radius 1 is 0.780 bits per heavy atom. The minimum absolute atomic E-state index is 0.0236. The SMILES string of the molecule is CC(C)CC(C(=O)N(C)C(CC(C)C)C(=O)NC(Cc1ccc(O)cc1)C(=O)O)N(C)C(=O)C(C)NC(=O)C(O)C(N)CCCCCCCCl.